The molecule has 0 spiro atoms. The molecule has 0 amide bonds. The van der Waals surface area contributed by atoms with Crippen molar-refractivity contribution >= 4 is 29.3 Å². The summed E-state index contributed by atoms with van der Waals surface area (Å²) in [5.74, 6) is 3.61. The van der Waals surface area contributed by atoms with Crippen molar-refractivity contribution in [3.05, 3.63) is 5.28 Å². The third-order valence-electron chi connectivity index (χ3n) is 2.34. The van der Waals surface area contributed by atoms with E-state index in [-0.39, 0.29) is 11.3 Å². The third-order valence-corrected chi connectivity index (χ3v) is 3.74. The van der Waals surface area contributed by atoms with Crippen molar-refractivity contribution in [2.45, 2.75) is 6.42 Å². The lowest BCUT2D eigenvalue weighted by Gasteiger charge is -2.10. The molecule has 1 aromatic heterocycles. The lowest BCUT2D eigenvalue weighted by atomic mass is 10.1. The molecule has 1 aliphatic rings. The minimum absolute atomic E-state index is 0.148. The minimum atomic E-state index is 0.148. The molecule has 0 saturated carbocycles. The first-order valence-corrected chi connectivity index (χ1v) is 6.58. The molecule has 1 N–H and O–H groups in total. The van der Waals surface area contributed by atoms with E-state index in [0.717, 1.165) is 6.54 Å². The monoisotopic (exact) mass is 260 g/mol. The van der Waals surface area contributed by atoms with E-state index < -0.39 is 0 Å². The van der Waals surface area contributed by atoms with Crippen LogP contribution in [0.3, 0.4) is 0 Å². The fourth-order valence-electron chi connectivity index (χ4n) is 1.48. The topological polar surface area (TPSA) is 59.9 Å². The normalized spacial score (nSPS) is 19.8. The van der Waals surface area contributed by atoms with Crippen molar-refractivity contribution in [3.8, 4) is 6.01 Å². The van der Waals surface area contributed by atoms with Crippen LogP contribution in [-0.2, 0) is 0 Å². The number of rotatable bonds is 4. The molecule has 5 nitrogen and oxygen atoms in total. The van der Waals surface area contributed by atoms with E-state index in [1.165, 1.54) is 25.0 Å². The molecular formula is C9H13ClN4OS. The van der Waals surface area contributed by atoms with Crippen molar-refractivity contribution in [2.75, 3.05) is 30.5 Å². The van der Waals surface area contributed by atoms with Gasteiger partial charge in [-0.3, -0.25) is 0 Å². The van der Waals surface area contributed by atoms with Gasteiger partial charge in [-0.1, -0.05) is 0 Å². The minimum Gasteiger partial charge on any atom is -0.467 e. The first kappa shape index (κ1) is 11.7. The van der Waals surface area contributed by atoms with Crippen LogP contribution in [0.5, 0.6) is 6.01 Å². The van der Waals surface area contributed by atoms with Gasteiger partial charge in [0.1, 0.15) is 0 Å². The maximum absolute atomic E-state index is 5.74. The number of nitrogens with zero attached hydrogens (tertiary/aromatic N) is 3. The predicted molar refractivity (Wildman–Crippen MR) is 65.3 cm³/mol. The molecule has 16 heavy (non-hydrogen) atoms. The molecule has 2 rings (SSSR count). The summed E-state index contributed by atoms with van der Waals surface area (Å²) in [7, 11) is 1.50. The molecule has 0 aliphatic carbocycles. The van der Waals surface area contributed by atoms with Crippen LogP contribution in [0.1, 0.15) is 6.42 Å². The zero-order valence-electron chi connectivity index (χ0n) is 8.94. The zero-order valence-corrected chi connectivity index (χ0v) is 10.5. The number of halogens is 1. The molecule has 0 aromatic carbocycles. The smallest absolute Gasteiger partial charge is 0.322 e. The Morgan fingerprint density at radius 1 is 1.50 bits per heavy atom. The summed E-state index contributed by atoms with van der Waals surface area (Å²) in [6, 6.07) is 0.239. The second kappa shape index (κ2) is 5.54. The molecule has 1 atom stereocenters. The Bertz CT molecular complexity index is 359. The molecule has 1 aromatic rings. The molecule has 1 unspecified atom stereocenters. The quantitative estimate of drug-likeness (QED) is 0.889. The standard InChI is InChI=1S/C9H13ClN4OS/c1-15-9-13-7(10)12-8(14-9)11-4-6-2-3-16-5-6/h6H,2-5H2,1H3,(H,11,12,13,14). The Morgan fingerprint density at radius 3 is 3.06 bits per heavy atom. The van der Waals surface area contributed by atoms with E-state index in [1.807, 2.05) is 11.8 Å². The number of hydrogen-bond acceptors (Lipinski definition) is 6. The summed E-state index contributed by atoms with van der Waals surface area (Å²) in [4.78, 5) is 11.9. The van der Waals surface area contributed by atoms with Crippen LogP contribution < -0.4 is 10.1 Å². The van der Waals surface area contributed by atoms with Crippen LogP contribution in [0.25, 0.3) is 0 Å². The lowest BCUT2D eigenvalue weighted by Crippen LogP contribution is -2.15. The Labute approximate surface area is 103 Å². The molecule has 1 aliphatic heterocycles. The van der Waals surface area contributed by atoms with Crippen LogP contribution in [0.15, 0.2) is 0 Å². The van der Waals surface area contributed by atoms with Gasteiger partial charge in [0.2, 0.25) is 11.2 Å². The molecule has 1 saturated heterocycles. The van der Waals surface area contributed by atoms with Crippen molar-refractivity contribution < 1.29 is 4.74 Å². The summed E-state index contributed by atoms with van der Waals surface area (Å²) in [6.45, 7) is 0.872. The van der Waals surface area contributed by atoms with Crippen LogP contribution >= 0.6 is 23.4 Å². The van der Waals surface area contributed by atoms with Gasteiger partial charge >= 0.3 is 6.01 Å². The summed E-state index contributed by atoms with van der Waals surface area (Å²) in [6.07, 6.45) is 1.24. The van der Waals surface area contributed by atoms with E-state index >= 15 is 0 Å². The van der Waals surface area contributed by atoms with Gasteiger partial charge in [0, 0.05) is 6.54 Å². The summed E-state index contributed by atoms with van der Waals surface area (Å²) in [5, 5.41) is 3.31. The highest BCUT2D eigenvalue weighted by molar-refractivity contribution is 7.99. The summed E-state index contributed by atoms with van der Waals surface area (Å²) < 4.78 is 4.92. The van der Waals surface area contributed by atoms with Gasteiger partial charge in [-0.2, -0.15) is 26.7 Å². The highest BCUT2D eigenvalue weighted by Crippen LogP contribution is 2.23. The van der Waals surface area contributed by atoms with Crippen molar-refractivity contribution in [1.82, 2.24) is 15.0 Å². The van der Waals surface area contributed by atoms with Crippen LogP contribution in [0, 0.1) is 5.92 Å². The van der Waals surface area contributed by atoms with Gasteiger partial charge < -0.3 is 10.1 Å². The lowest BCUT2D eigenvalue weighted by molar-refractivity contribution is 0.378. The van der Waals surface area contributed by atoms with Gasteiger partial charge in [-0.25, -0.2) is 0 Å². The van der Waals surface area contributed by atoms with Gasteiger partial charge in [-0.15, -0.1) is 0 Å². The largest absolute Gasteiger partial charge is 0.467 e. The van der Waals surface area contributed by atoms with Gasteiger partial charge in [0.25, 0.3) is 0 Å². The van der Waals surface area contributed by atoms with E-state index in [1.54, 1.807) is 0 Å². The molecule has 0 radical (unpaired) electrons. The van der Waals surface area contributed by atoms with Gasteiger partial charge in [0.15, 0.2) is 0 Å². The second-order valence-corrected chi connectivity index (χ2v) is 5.01. The second-order valence-electron chi connectivity index (χ2n) is 3.53. The number of anilines is 1. The maximum atomic E-state index is 5.74. The number of aromatic nitrogens is 3. The predicted octanol–water partition coefficient (Wildman–Crippen LogP) is 1.70. The highest BCUT2D eigenvalue weighted by atomic mass is 35.5. The third kappa shape index (κ3) is 3.12. The summed E-state index contributed by atoms with van der Waals surface area (Å²) in [5.41, 5.74) is 0. The number of ether oxygens (including phenoxy) is 1. The maximum Gasteiger partial charge on any atom is 0.322 e. The Kier molecular flexibility index (Phi) is 4.06. The first-order valence-electron chi connectivity index (χ1n) is 5.05. The number of thioether (sulfide) groups is 1. The van der Waals surface area contributed by atoms with E-state index in [9.17, 15) is 0 Å². The van der Waals surface area contributed by atoms with Crippen molar-refractivity contribution in [2.24, 2.45) is 5.92 Å². The molecule has 1 fully saturated rings. The number of methoxy groups -OCH3 is 1. The average molecular weight is 261 g/mol. The van der Waals surface area contributed by atoms with Crippen LogP contribution in [0.2, 0.25) is 5.28 Å². The molecule has 7 heteroatoms. The van der Waals surface area contributed by atoms with Crippen LogP contribution in [0.4, 0.5) is 5.95 Å². The Balaban J connectivity index is 1.94. The fraction of sp³-hybridized carbons (Fsp3) is 0.667. The SMILES string of the molecule is COc1nc(Cl)nc(NCC2CCSC2)n1. The van der Waals surface area contributed by atoms with E-state index in [4.69, 9.17) is 16.3 Å². The van der Waals surface area contributed by atoms with Gasteiger partial charge in [0.05, 0.1) is 7.11 Å². The first-order chi connectivity index (χ1) is 7.78. The zero-order chi connectivity index (χ0) is 11.4. The van der Waals surface area contributed by atoms with E-state index in [2.05, 4.69) is 20.3 Å². The molecule has 0 bridgehead atoms. The summed E-state index contributed by atoms with van der Waals surface area (Å²) >= 11 is 7.72. The molecular weight excluding hydrogens is 248 g/mol. The average Bonchev–Trinajstić information content (AvgIpc) is 2.78. The van der Waals surface area contributed by atoms with Gasteiger partial charge in [-0.05, 0) is 35.4 Å². The van der Waals surface area contributed by atoms with Crippen molar-refractivity contribution in [1.29, 1.82) is 0 Å². The highest BCUT2D eigenvalue weighted by Gasteiger charge is 2.15. The van der Waals surface area contributed by atoms with Crippen molar-refractivity contribution in [3.63, 3.8) is 0 Å². The Morgan fingerprint density at radius 2 is 2.38 bits per heavy atom. The van der Waals surface area contributed by atoms with Crippen LogP contribution in [-0.4, -0.2) is 40.1 Å². The fourth-order valence-corrected chi connectivity index (χ4v) is 2.92. The molecule has 88 valence electrons. The Hall–Kier alpha value is -0.750. The number of hydrogen-bond donors (Lipinski definition) is 1. The molecule has 2 heterocycles. The number of nitrogens with one attached hydrogen (secondary N) is 1. The van der Waals surface area contributed by atoms with E-state index in [0.29, 0.717) is 11.9 Å².